The van der Waals surface area contributed by atoms with Gasteiger partial charge < -0.3 is 15.2 Å². The Kier molecular flexibility index (Phi) is 4.87. The van der Waals surface area contributed by atoms with Crippen molar-refractivity contribution in [2.75, 3.05) is 5.32 Å². The number of carbonyl (C=O) groups is 2. The number of ether oxygens (including phenoxy) is 1. The molecule has 0 bridgehead atoms. The second-order valence-corrected chi connectivity index (χ2v) is 5.74. The highest BCUT2D eigenvalue weighted by Gasteiger charge is 2.30. The van der Waals surface area contributed by atoms with Gasteiger partial charge in [0.15, 0.2) is 11.6 Å². The molecule has 1 aromatic heterocycles. The number of carboxylic acids is 1. The van der Waals surface area contributed by atoms with Crippen LogP contribution in [0.1, 0.15) is 20.8 Å². The first-order chi connectivity index (χ1) is 11.2. The molecule has 128 valence electrons. The van der Waals surface area contributed by atoms with Crippen molar-refractivity contribution in [3.63, 3.8) is 0 Å². The number of hydrogen-bond acceptors (Lipinski definition) is 4. The quantitative estimate of drug-likeness (QED) is 0.844. The van der Waals surface area contributed by atoms with Crippen LogP contribution in [0.4, 0.5) is 10.1 Å². The van der Waals surface area contributed by atoms with Crippen molar-refractivity contribution in [2.24, 2.45) is 0 Å². The van der Waals surface area contributed by atoms with Crippen molar-refractivity contribution in [3.8, 4) is 5.75 Å². The Bertz CT molecular complexity index is 757. The molecule has 0 saturated heterocycles. The van der Waals surface area contributed by atoms with Gasteiger partial charge in [-0.1, -0.05) is 6.07 Å². The van der Waals surface area contributed by atoms with Crippen LogP contribution in [-0.2, 0) is 15.1 Å². The molecule has 1 unspecified atom stereocenters. The first-order valence-electron chi connectivity index (χ1n) is 7.22. The summed E-state index contributed by atoms with van der Waals surface area (Å²) in [5, 5.41) is 15.7. The number of nitrogens with zero attached hydrogens (tertiary/aromatic N) is 2. The van der Waals surface area contributed by atoms with Crippen LogP contribution in [0.15, 0.2) is 36.7 Å². The van der Waals surface area contributed by atoms with Crippen LogP contribution in [0.3, 0.4) is 0 Å². The zero-order valence-corrected chi connectivity index (χ0v) is 13.5. The average molecular weight is 335 g/mol. The Morgan fingerprint density at radius 3 is 2.75 bits per heavy atom. The zero-order chi connectivity index (χ0) is 17.9. The third-order valence-electron chi connectivity index (χ3n) is 3.42. The number of aromatic nitrogens is 2. The van der Waals surface area contributed by atoms with E-state index in [9.17, 15) is 14.0 Å². The number of anilines is 1. The monoisotopic (exact) mass is 335 g/mol. The number of benzene rings is 1. The first kappa shape index (κ1) is 17.5. The molecule has 2 N–H and O–H groups in total. The van der Waals surface area contributed by atoms with Crippen LogP contribution in [0.25, 0.3) is 0 Å². The number of hydrogen-bond donors (Lipinski definition) is 2. The maximum atomic E-state index is 13.1. The molecule has 0 aliphatic carbocycles. The number of aliphatic carboxylic acids is 1. The first-order valence-corrected chi connectivity index (χ1v) is 7.22. The zero-order valence-electron chi connectivity index (χ0n) is 13.5. The number of nitrogens with one attached hydrogen (secondary N) is 1. The summed E-state index contributed by atoms with van der Waals surface area (Å²) < 4.78 is 19.7. The lowest BCUT2D eigenvalue weighted by Gasteiger charge is -2.19. The maximum Gasteiger partial charge on any atom is 0.331 e. The van der Waals surface area contributed by atoms with Gasteiger partial charge in [-0.3, -0.25) is 9.48 Å². The number of halogens is 1. The third-order valence-corrected chi connectivity index (χ3v) is 3.42. The van der Waals surface area contributed by atoms with Crippen molar-refractivity contribution in [2.45, 2.75) is 32.4 Å². The van der Waals surface area contributed by atoms with Crippen LogP contribution < -0.4 is 10.1 Å². The summed E-state index contributed by atoms with van der Waals surface area (Å²) in [6.07, 6.45) is 1.89. The van der Waals surface area contributed by atoms with E-state index in [4.69, 9.17) is 9.84 Å². The molecule has 0 radical (unpaired) electrons. The van der Waals surface area contributed by atoms with Gasteiger partial charge in [0.05, 0.1) is 11.9 Å². The van der Waals surface area contributed by atoms with Crippen molar-refractivity contribution in [1.29, 1.82) is 0 Å². The lowest BCUT2D eigenvalue weighted by molar-refractivity contribution is -0.146. The summed E-state index contributed by atoms with van der Waals surface area (Å²) in [4.78, 5) is 23.3. The summed E-state index contributed by atoms with van der Waals surface area (Å²) >= 11 is 0. The Morgan fingerprint density at radius 2 is 2.12 bits per heavy atom. The second-order valence-electron chi connectivity index (χ2n) is 5.74. The van der Waals surface area contributed by atoms with Crippen molar-refractivity contribution in [1.82, 2.24) is 9.78 Å². The minimum Gasteiger partial charge on any atom is -0.481 e. The van der Waals surface area contributed by atoms with E-state index in [1.54, 1.807) is 6.07 Å². The van der Waals surface area contributed by atoms with Crippen molar-refractivity contribution < 1.29 is 23.8 Å². The smallest absolute Gasteiger partial charge is 0.331 e. The van der Waals surface area contributed by atoms with Crippen LogP contribution in [-0.4, -0.2) is 32.9 Å². The van der Waals surface area contributed by atoms with Crippen LogP contribution in [0.5, 0.6) is 5.75 Å². The van der Waals surface area contributed by atoms with E-state index in [0.29, 0.717) is 5.69 Å². The lowest BCUT2D eigenvalue weighted by atomic mass is 10.1. The summed E-state index contributed by atoms with van der Waals surface area (Å²) in [5.41, 5.74) is -0.906. The minimum absolute atomic E-state index is 0.236. The molecule has 1 amide bonds. The number of carbonyl (C=O) groups excluding carboxylic acids is 1. The Labute approximate surface area is 138 Å². The molecular weight excluding hydrogens is 317 g/mol. The standard InChI is InChI=1S/C16H18FN3O4/c1-10(24-13-6-4-5-11(17)7-13)14(21)19-12-8-18-20(9-12)16(2,3)15(22)23/h4-10H,1-3H3,(H,19,21)(H,22,23). The van der Waals surface area contributed by atoms with Gasteiger partial charge in [0, 0.05) is 12.3 Å². The van der Waals surface area contributed by atoms with E-state index in [2.05, 4.69) is 10.4 Å². The minimum atomic E-state index is -1.24. The predicted molar refractivity (Wildman–Crippen MR) is 84.3 cm³/mol. The van der Waals surface area contributed by atoms with Crippen molar-refractivity contribution in [3.05, 3.63) is 42.5 Å². The summed E-state index contributed by atoms with van der Waals surface area (Å²) in [7, 11) is 0. The van der Waals surface area contributed by atoms with E-state index in [1.165, 1.54) is 56.0 Å². The van der Waals surface area contributed by atoms with Gasteiger partial charge >= 0.3 is 5.97 Å². The summed E-state index contributed by atoms with van der Waals surface area (Å²) in [6.45, 7) is 4.50. The molecule has 2 rings (SSSR count). The molecule has 0 saturated carbocycles. The van der Waals surface area contributed by atoms with E-state index < -0.39 is 29.3 Å². The molecule has 0 fully saturated rings. The average Bonchev–Trinajstić information content (AvgIpc) is 2.96. The normalized spacial score (nSPS) is 12.5. The second kappa shape index (κ2) is 6.69. The van der Waals surface area contributed by atoms with Gasteiger partial charge in [-0.15, -0.1) is 0 Å². The maximum absolute atomic E-state index is 13.1. The highest BCUT2D eigenvalue weighted by atomic mass is 19.1. The fourth-order valence-corrected chi connectivity index (χ4v) is 1.83. The molecular formula is C16H18FN3O4. The topological polar surface area (TPSA) is 93.5 Å². The summed E-state index contributed by atoms with van der Waals surface area (Å²) in [5.74, 6) is -1.74. The van der Waals surface area contributed by atoms with E-state index in [0.717, 1.165) is 0 Å². The molecule has 2 aromatic rings. The highest BCUT2D eigenvalue weighted by Crippen LogP contribution is 2.18. The van der Waals surface area contributed by atoms with E-state index in [1.807, 2.05) is 0 Å². The largest absolute Gasteiger partial charge is 0.481 e. The molecule has 7 nitrogen and oxygen atoms in total. The fourth-order valence-electron chi connectivity index (χ4n) is 1.83. The predicted octanol–water partition coefficient (Wildman–Crippen LogP) is 2.25. The Hall–Kier alpha value is -2.90. The number of rotatable bonds is 6. The Balaban J connectivity index is 2.02. The molecule has 0 aliphatic rings. The lowest BCUT2D eigenvalue weighted by Crippen LogP contribution is -2.36. The Morgan fingerprint density at radius 1 is 1.42 bits per heavy atom. The molecule has 1 heterocycles. The third kappa shape index (κ3) is 3.89. The SMILES string of the molecule is CC(Oc1cccc(F)c1)C(=O)Nc1cnn(C(C)(C)C(=O)O)c1. The van der Waals surface area contributed by atoms with E-state index >= 15 is 0 Å². The van der Waals surface area contributed by atoms with Gasteiger partial charge in [-0.05, 0) is 32.9 Å². The van der Waals surface area contributed by atoms with Crippen LogP contribution in [0.2, 0.25) is 0 Å². The van der Waals surface area contributed by atoms with Gasteiger partial charge in [0.25, 0.3) is 5.91 Å². The van der Waals surface area contributed by atoms with Crippen molar-refractivity contribution >= 4 is 17.6 Å². The van der Waals surface area contributed by atoms with Gasteiger partial charge in [0.1, 0.15) is 11.6 Å². The van der Waals surface area contributed by atoms with Crippen LogP contribution in [0, 0.1) is 5.82 Å². The van der Waals surface area contributed by atoms with Gasteiger partial charge in [-0.25, -0.2) is 9.18 Å². The highest BCUT2D eigenvalue weighted by molar-refractivity contribution is 5.93. The van der Waals surface area contributed by atoms with Crippen LogP contribution >= 0.6 is 0 Å². The number of amides is 1. The molecule has 8 heteroatoms. The molecule has 0 aliphatic heterocycles. The van der Waals surface area contributed by atoms with E-state index in [-0.39, 0.29) is 5.75 Å². The summed E-state index contributed by atoms with van der Waals surface area (Å²) in [6, 6.07) is 5.47. The molecule has 1 atom stereocenters. The molecule has 1 aromatic carbocycles. The fraction of sp³-hybridized carbons (Fsp3) is 0.312. The van der Waals surface area contributed by atoms with Gasteiger partial charge in [0.2, 0.25) is 0 Å². The van der Waals surface area contributed by atoms with Gasteiger partial charge in [-0.2, -0.15) is 5.10 Å². The molecule has 0 spiro atoms. The molecule has 24 heavy (non-hydrogen) atoms. The number of carboxylic acid groups (broad SMARTS) is 1.